The quantitative estimate of drug-likeness (QED) is 0.318. The minimum atomic E-state index is 0.0594. The Hall–Kier alpha value is -3.20. The number of aliphatic hydroxyl groups is 1. The molecule has 34 heavy (non-hydrogen) atoms. The highest BCUT2D eigenvalue weighted by molar-refractivity contribution is 7.10. The molecule has 176 valence electrons. The van der Waals surface area contributed by atoms with Gasteiger partial charge in [-0.15, -0.1) is 11.3 Å². The predicted molar refractivity (Wildman–Crippen MR) is 136 cm³/mol. The summed E-state index contributed by atoms with van der Waals surface area (Å²) in [5, 5.41) is 19.0. The van der Waals surface area contributed by atoms with Crippen molar-refractivity contribution in [3.8, 4) is 22.6 Å². The fourth-order valence-electron chi connectivity index (χ4n) is 4.15. The first kappa shape index (κ1) is 22.6. The maximum absolute atomic E-state index is 9.07. The molecule has 4 aromatic rings. The summed E-state index contributed by atoms with van der Waals surface area (Å²) in [5.74, 6) is 2.95. The van der Waals surface area contributed by atoms with Crippen LogP contribution in [0.4, 0.5) is 5.82 Å². The van der Waals surface area contributed by atoms with Crippen LogP contribution in [-0.4, -0.2) is 41.4 Å². The monoisotopic (exact) mass is 476 g/mol. The molecule has 0 saturated carbocycles. The number of aryl methyl sites for hydroxylation is 1. The number of nitrogens with one attached hydrogen (secondary N) is 2. The van der Waals surface area contributed by atoms with Gasteiger partial charge in [0.2, 0.25) is 0 Å². The Morgan fingerprint density at radius 3 is 2.71 bits per heavy atom. The second kappa shape index (κ2) is 9.97. The maximum atomic E-state index is 9.07. The van der Waals surface area contributed by atoms with Gasteiger partial charge in [0, 0.05) is 29.4 Å². The van der Waals surface area contributed by atoms with Gasteiger partial charge in [0.1, 0.15) is 24.9 Å². The van der Waals surface area contributed by atoms with Gasteiger partial charge in [-0.3, -0.25) is 0 Å². The number of anilines is 1. The molecular weight excluding hydrogens is 448 g/mol. The summed E-state index contributed by atoms with van der Waals surface area (Å²) in [6.07, 6.45) is 0. The molecule has 1 aliphatic rings. The molecule has 5 rings (SSSR count). The molecule has 1 aliphatic heterocycles. The number of nitrogens with zero attached hydrogens (tertiary/aromatic N) is 2. The minimum Gasteiger partial charge on any atom is -0.486 e. The lowest BCUT2D eigenvalue weighted by Crippen LogP contribution is -2.17. The number of hydrogen-bond donors (Lipinski definition) is 3. The van der Waals surface area contributed by atoms with Crippen LogP contribution in [0.15, 0.2) is 47.8 Å². The molecule has 3 heterocycles. The van der Waals surface area contributed by atoms with Gasteiger partial charge in [-0.2, -0.15) is 0 Å². The van der Waals surface area contributed by atoms with Crippen LogP contribution in [0.5, 0.6) is 11.5 Å². The van der Waals surface area contributed by atoms with Gasteiger partial charge in [0.25, 0.3) is 0 Å². The van der Waals surface area contributed by atoms with Gasteiger partial charge >= 0.3 is 0 Å². The Labute approximate surface area is 202 Å². The van der Waals surface area contributed by atoms with Crippen LogP contribution in [0.3, 0.4) is 0 Å². The highest BCUT2D eigenvalue weighted by Crippen LogP contribution is 2.38. The molecule has 0 saturated heterocycles. The molecular formula is C26H28N4O3S. The van der Waals surface area contributed by atoms with Crippen LogP contribution < -0.4 is 20.1 Å². The third kappa shape index (κ3) is 4.70. The van der Waals surface area contributed by atoms with Crippen molar-refractivity contribution in [3.63, 3.8) is 0 Å². The molecule has 0 fully saturated rings. The van der Waals surface area contributed by atoms with Crippen molar-refractivity contribution in [2.75, 3.05) is 31.7 Å². The molecule has 1 unspecified atom stereocenters. The lowest BCUT2D eigenvalue weighted by molar-refractivity contribution is 0.172. The third-order valence-corrected chi connectivity index (χ3v) is 6.92. The number of aromatic nitrogens is 2. The summed E-state index contributed by atoms with van der Waals surface area (Å²) in [7, 11) is 0. The summed E-state index contributed by atoms with van der Waals surface area (Å²) in [5.41, 5.74) is 4.45. The molecule has 0 aliphatic carbocycles. The number of ether oxygens (including phenoxy) is 2. The Kier molecular flexibility index (Phi) is 6.62. The molecule has 0 bridgehead atoms. The van der Waals surface area contributed by atoms with E-state index in [-0.39, 0.29) is 12.6 Å². The van der Waals surface area contributed by atoms with Crippen LogP contribution in [0.1, 0.15) is 29.2 Å². The molecule has 8 heteroatoms. The standard InChI is InChI=1S/C26H28N4O3S/c1-16(25-11-19(15-34-25)20-6-4-3-5-18(20)14-27-7-8-31)28-26-21-12-23-24(33-10-9-32-23)13-22(21)29-17(2)30-26/h3-6,11-13,15-16,27,31H,7-10,14H2,1-2H3,(H,28,29,30). The molecule has 2 aromatic heterocycles. The van der Waals surface area contributed by atoms with Gasteiger partial charge in [-0.1, -0.05) is 24.3 Å². The van der Waals surface area contributed by atoms with E-state index < -0.39 is 0 Å². The number of aliphatic hydroxyl groups excluding tert-OH is 1. The van der Waals surface area contributed by atoms with E-state index in [9.17, 15) is 0 Å². The van der Waals surface area contributed by atoms with E-state index in [0.29, 0.717) is 25.6 Å². The van der Waals surface area contributed by atoms with Crippen LogP contribution >= 0.6 is 11.3 Å². The Balaban J connectivity index is 1.41. The van der Waals surface area contributed by atoms with Gasteiger partial charge in [-0.25, -0.2) is 9.97 Å². The topological polar surface area (TPSA) is 88.5 Å². The molecule has 0 amide bonds. The van der Waals surface area contributed by atoms with Crippen LogP contribution in [0.25, 0.3) is 22.0 Å². The van der Waals surface area contributed by atoms with Crippen LogP contribution in [0.2, 0.25) is 0 Å². The van der Waals surface area contributed by atoms with Crippen molar-refractivity contribution < 1.29 is 14.6 Å². The molecule has 0 spiro atoms. The van der Waals surface area contributed by atoms with E-state index in [1.54, 1.807) is 11.3 Å². The summed E-state index contributed by atoms with van der Waals surface area (Å²) in [6.45, 7) is 6.57. The van der Waals surface area contributed by atoms with Crippen molar-refractivity contribution >= 4 is 28.1 Å². The van der Waals surface area contributed by atoms with Crippen molar-refractivity contribution in [1.29, 1.82) is 0 Å². The lowest BCUT2D eigenvalue weighted by atomic mass is 10.0. The maximum Gasteiger partial charge on any atom is 0.163 e. The van der Waals surface area contributed by atoms with E-state index in [4.69, 9.17) is 19.6 Å². The largest absolute Gasteiger partial charge is 0.486 e. The smallest absolute Gasteiger partial charge is 0.163 e. The predicted octanol–water partition coefficient (Wildman–Crippen LogP) is 4.69. The highest BCUT2D eigenvalue weighted by atomic mass is 32.1. The Morgan fingerprint density at radius 1 is 1.09 bits per heavy atom. The first-order valence-electron chi connectivity index (χ1n) is 11.4. The van der Waals surface area contributed by atoms with Crippen molar-refractivity contribution in [2.24, 2.45) is 0 Å². The average molecular weight is 477 g/mol. The van der Waals surface area contributed by atoms with Gasteiger partial charge in [0.15, 0.2) is 11.5 Å². The summed E-state index contributed by atoms with van der Waals surface area (Å²) in [6, 6.07) is 14.6. The fourth-order valence-corrected chi connectivity index (χ4v) is 5.06. The van der Waals surface area contributed by atoms with Crippen molar-refractivity contribution in [1.82, 2.24) is 15.3 Å². The third-order valence-electron chi connectivity index (χ3n) is 5.80. The fraction of sp³-hybridized carbons (Fsp3) is 0.308. The first-order valence-corrected chi connectivity index (χ1v) is 12.3. The average Bonchev–Trinajstić information content (AvgIpc) is 3.34. The number of fused-ring (bicyclic) bond motifs is 2. The number of thiophene rings is 1. The van der Waals surface area contributed by atoms with Crippen LogP contribution in [-0.2, 0) is 6.54 Å². The Morgan fingerprint density at radius 2 is 1.88 bits per heavy atom. The second-order valence-electron chi connectivity index (χ2n) is 8.29. The zero-order valence-electron chi connectivity index (χ0n) is 19.3. The molecule has 1 atom stereocenters. The zero-order valence-corrected chi connectivity index (χ0v) is 20.1. The first-order chi connectivity index (χ1) is 16.6. The van der Waals surface area contributed by atoms with Crippen molar-refractivity contribution in [3.05, 3.63) is 64.1 Å². The van der Waals surface area contributed by atoms with Crippen molar-refractivity contribution in [2.45, 2.75) is 26.4 Å². The number of benzene rings is 2. The second-order valence-corrected chi connectivity index (χ2v) is 9.24. The summed E-state index contributed by atoms with van der Waals surface area (Å²) in [4.78, 5) is 10.5. The van der Waals surface area contributed by atoms with E-state index in [1.807, 2.05) is 25.1 Å². The van der Waals surface area contributed by atoms with Gasteiger partial charge in [0.05, 0.1) is 18.2 Å². The molecule has 0 radical (unpaired) electrons. The summed E-state index contributed by atoms with van der Waals surface area (Å²) >= 11 is 1.73. The SMILES string of the molecule is Cc1nc(NC(C)c2cc(-c3ccccc3CNCCO)cs2)c2cc3c(cc2n1)OCCO3. The molecule has 7 nitrogen and oxygen atoms in total. The van der Waals surface area contributed by atoms with Gasteiger partial charge < -0.3 is 25.2 Å². The highest BCUT2D eigenvalue weighted by Gasteiger charge is 2.18. The normalized spacial score (nSPS) is 13.7. The number of rotatable bonds is 8. The minimum absolute atomic E-state index is 0.0594. The van der Waals surface area contributed by atoms with E-state index in [1.165, 1.54) is 21.6 Å². The number of hydrogen-bond acceptors (Lipinski definition) is 8. The summed E-state index contributed by atoms with van der Waals surface area (Å²) < 4.78 is 11.5. The molecule has 3 N–H and O–H groups in total. The van der Waals surface area contributed by atoms with E-state index >= 15 is 0 Å². The lowest BCUT2D eigenvalue weighted by Gasteiger charge is -2.20. The molecule has 2 aromatic carbocycles. The van der Waals surface area contributed by atoms with Gasteiger partial charge in [-0.05, 0) is 48.1 Å². The van der Waals surface area contributed by atoms with E-state index in [0.717, 1.165) is 34.8 Å². The van der Waals surface area contributed by atoms with E-state index in [2.05, 4.69) is 52.2 Å². The zero-order chi connectivity index (χ0) is 23.5. The Bertz CT molecular complexity index is 1310. The van der Waals surface area contributed by atoms with Crippen LogP contribution in [0, 0.1) is 6.92 Å².